The van der Waals surface area contributed by atoms with Crippen LogP contribution in [0.3, 0.4) is 0 Å². The van der Waals surface area contributed by atoms with Crippen molar-refractivity contribution >= 4 is 61.5 Å². The van der Waals surface area contributed by atoms with Gasteiger partial charge in [0.15, 0.2) is 0 Å². The van der Waals surface area contributed by atoms with E-state index in [2.05, 4.69) is 37.2 Å². The Balaban J connectivity index is 2.01. The Hall–Kier alpha value is -2.45. The van der Waals surface area contributed by atoms with E-state index in [1.807, 2.05) is 6.92 Å². The van der Waals surface area contributed by atoms with Crippen LogP contribution in [0, 0.1) is 0 Å². The van der Waals surface area contributed by atoms with Gasteiger partial charge in [0.2, 0.25) is 0 Å². The average Bonchev–Trinajstić information content (AvgIpc) is 2.62. The third kappa shape index (κ3) is 3.96. The second-order valence-corrected chi connectivity index (χ2v) is 7.25. The first-order valence-electron chi connectivity index (χ1n) is 8.00. The number of carbonyl (C=O) groups is 3. The van der Waals surface area contributed by atoms with Gasteiger partial charge in [-0.15, -0.1) is 0 Å². The molecule has 0 atom stereocenters. The Morgan fingerprint density at radius 1 is 1.07 bits per heavy atom. The minimum absolute atomic E-state index is 0.138. The van der Waals surface area contributed by atoms with Crippen molar-refractivity contribution < 1.29 is 19.1 Å². The lowest BCUT2D eigenvalue weighted by Crippen LogP contribution is -2.54. The number of anilines is 1. The van der Waals surface area contributed by atoms with Gasteiger partial charge in [-0.05, 0) is 74.7 Å². The van der Waals surface area contributed by atoms with Crippen LogP contribution < -0.4 is 15.0 Å². The third-order valence-corrected chi connectivity index (χ3v) is 4.91. The van der Waals surface area contributed by atoms with Gasteiger partial charge in [0.1, 0.15) is 11.3 Å². The molecule has 0 aliphatic carbocycles. The van der Waals surface area contributed by atoms with Gasteiger partial charge in [0.05, 0.1) is 21.2 Å². The summed E-state index contributed by atoms with van der Waals surface area (Å²) in [6.45, 7) is 2.36. The Kier molecular flexibility index (Phi) is 5.76. The highest BCUT2D eigenvalue weighted by atomic mass is 79.9. The molecule has 2 aromatic carbocycles. The molecule has 1 N–H and O–H groups in total. The number of imide groups is 2. The largest absolute Gasteiger partial charge is 0.492 e. The second-order valence-electron chi connectivity index (χ2n) is 5.54. The molecule has 0 unspecified atom stereocenters. The minimum Gasteiger partial charge on any atom is -0.492 e. The minimum atomic E-state index is -0.776. The molecule has 8 heteroatoms. The van der Waals surface area contributed by atoms with E-state index in [1.165, 1.54) is 6.08 Å². The Morgan fingerprint density at radius 3 is 2.30 bits per heavy atom. The number of amides is 4. The molecule has 4 amide bonds. The highest BCUT2D eigenvalue weighted by Gasteiger charge is 2.36. The van der Waals surface area contributed by atoms with E-state index >= 15 is 0 Å². The Labute approximate surface area is 172 Å². The number of nitrogens with one attached hydrogen (secondary N) is 1. The summed E-state index contributed by atoms with van der Waals surface area (Å²) < 4.78 is 6.87. The standard InChI is InChI=1S/C19H14Br2N2O4/c1-2-27-16-14(20)9-11(10-15(16)21)8-13-17(24)22-19(26)23(18(13)25)12-6-4-3-5-7-12/h3-10H,2H2,1H3,(H,22,24,26)/b13-8+. The molecular formula is C19H14Br2N2O4. The summed E-state index contributed by atoms with van der Waals surface area (Å²) in [4.78, 5) is 38.1. The predicted molar refractivity (Wildman–Crippen MR) is 108 cm³/mol. The van der Waals surface area contributed by atoms with Crippen LogP contribution in [0.1, 0.15) is 12.5 Å². The Bertz CT molecular complexity index is 934. The zero-order valence-electron chi connectivity index (χ0n) is 14.2. The number of urea groups is 1. The Morgan fingerprint density at radius 2 is 1.70 bits per heavy atom. The summed E-state index contributed by atoms with van der Waals surface area (Å²) in [5, 5.41) is 2.20. The van der Waals surface area contributed by atoms with Crippen molar-refractivity contribution in [1.82, 2.24) is 5.32 Å². The first-order valence-corrected chi connectivity index (χ1v) is 9.59. The van der Waals surface area contributed by atoms with Crippen molar-refractivity contribution in [3.05, 3.63) is 62.5 Å². The summed E-state index contributed by atoms with van der Waals surface area (Å²) in [5.41, 5.74) is 0.840. The van der Waals surface area contributed by atoms with Gasteiger partial charge in [-0.3, -0.25) is 14.9 Å². The lowest BCUT2D eigenvalue weighted by Gasteiger charge is -2.26. The third-order valence-electron chi connectivity index (χ3n) is 3.74. The van der Waals surface area contributed by atoms with Gasteiger partial charge in [-0.1, -0.05) is 18.2 Å². The van der Waals surface area contributed by atoms with Crippen LogP contribution in [0.5, 0.6) is 5.75 Å². The van der Waals surface area contributed by atoms with Crippen molar-refractivity contribution in [2.45, 2.75) is 6.92 Å². The van der Waals surface area contributed by atoms with E-state index in [0.29, 0.717) is 32.6 Å². The van der Waals surface area contributed by atoms with E-state index in [-0.39, 0.29) is 5.57 Å². The predicted octanol–water partition coefficient (Wildman–Crippen LogP) is 4.28. The van der Waals surface area contributed by atoms with Crippen molar-refractivity contribution in [2.75, 3.05) is 11.5 Å². The molecule has 0 spiro atoms. The van der Waals surface area contributed by atoms with E-state index < -0.39 is 17.8 Å². The molecule has 138 valence electrons. The van der Waals surface area contributed by atoms with Crippen LogP contribution in [-0.2, 0) is 9.59 Å². The maximum Gasteiger partial charge on any atom is 0.335 e. The molecule has 0 radical (unpaired) electrons. The highest BCUT2D eigenvalue weighted by Crippen LogP contribution is 2.35. The van der Waals surface area contributed by atoms with Crippen LogP contribution in [0.2, 0.25) is 0 Å². The highest BCUT2D eigenvalue weighted by molar-refractivity contribution is 9.11. The summed E-state index contributed by atoms with van der Waals surface area (Å²) in [6, 6.07) is 11.1. The molecule has 6 nitrogen and oxygen atoms in total. The average molecular weight is 494 g/mol. The lowest BCUT2D eigenvalue weighted by atomic mass is 10.1. The summed E-state index contributed by atoms with van der Waals surface area (Å²) >= 11 is 6.84. The first-order chi connectivity index (χ1) is 12.9. The number of benzene rings is 2. The fourth-order valence-electron chi connectivity index (χ4n) is 2.58. The maximum absolute atomic E-state index is 12.8. The fraction of sp³-hybridized carbons (Fsp3) is 0.105. The quantitative estimate of drug-likeness (QED) is 0.509. The van der Waals surface area contributed by atoms with Crippen molar-refractivity contribution in [2.24, 2.45) is 0 Å². The van der Waals surface area contributed by atoms with E-state index in [0.717, 1.165) is 4.90 Å². The monoisotopic (exact) mass is 492 g/mol. The van der Waals surface area contributed by atoms with E-state index in [4.69, 9.17) is 4.74 Å². The molecule has 0 aromatic heterocycles. The number of para-hydroxylation sites is 1. The number of nitrogens with zero attached hydrogens (tertiary/aromatic N) is 1. The maximum atomic E-state index is 12.8. The van der Waals surface area contributed by atoms with E-state index in [9.17, 15) is 14.4 Å². The molecule has 1 saturated heterocycles. The molecule has 1 heterocycles. The zero-order valence-corrected chi connectivity index (χ0v) is 17.3. The normalized spacial score (nSPS) is 15.9. The van der Waals surface area contributed by atoms with Gasteiger partial charge < -0.3 is 4.74 Å². The van der Waals surface area contributed by atoms with Crippen molar-refractivity contribution in [3.8, 4) is 5.75 Å². The van der Waals surface area contributed by atoms with Crippen LogP contribution in [0.15, 0.2) is 57.0 Å². The number of barbiturate groups is 1. The van der Waals surface area contributed by atoms with Crippen molar-refractivity contribution in [3.63, 3.8) is 0 Å². The molecule has 1 aliphatic heterocycles. The fourth-order valence-corrected chi connectivity index (χ4v) is 4.03. The van der Waals surface area contributed by atoms with Gasteiger partial charge >= 0.3 is 6.03 Å². The molecule has 2 aromatic rings. The van der Waals surface area contributed by atoms with Crippen molar-refractivity contribution in [1.29, 1.82) is 0 Å². The number of halogens is 2. The zero-order chi connectivity index (χ0) is 19.6. The molecule has 0 saturated carbocycles. The van der Waals surface area contributed by atoms with Gasteiger partial charge in [-0.25, -0.2) is 9.69 Å². The van der Waals surface area contributed by atoms with Gasteiger partial charge in [0.25, 0.3) is 11.8 Å². The number of hydrogen-bond acceptors (Lipinski definition) is 4. The lowest BCUT2D eigenvalue weighted by molar-refractivity contribution is -0.122. The SMILES string of the molecule is CCOc1c(Br)cc(/C=C2\C(=O)NC(=O)N(c3ccccc3)C2=O)cc1Br. The number of ether oxygens (including phenoxy) is 1. The van der Waals surface area contributed by atoms with Gasteiger partial charge in [0, 0.05) is 0 Å². The molecule has 0 bridgehead atoms. The van der Waals surface area contributed by atoms with Gasteiger partial charge in [-0.2, -0.15) is 0 Å². The molecular weight excluding hydrogens is 480 g/mol. The van der Waals surface area contributed by atoms with Crippen LogP contribution in [-0.4, -0.2) is 24.5 Å². The number of hydrogen-bond donors (Lipinski definition) is 1. The van der Waals surface area contributed by atoms with Crippen LogP contribution in [0.4, 0.5) is 10.5 Å². The van der Waals surface area contributed by atoms with Crippen LogP contribution >= 0.6 is 31.9 Å². The first kappa shape index (κ1) is 19.3. The summed E-state index contributed by atoms with van der Waals surface area (Å²) in [7, 11) is 0. The topological polar surface area (TPSA) is 75.7 Å². The molecule has 3 rings (SSSR count). The number of rotatable bonds is 4. The van der Waals surface area contributed by atoms with E-state index in [1.54, 1.807) is 42.5 Å². The molecule has 1 fully saturated rings. The van der Waals surface area contributed by atoms with Crippen LogP contribution in [0.25, 0.3) is 6.08 Å². The smallest absolute Gasteiger partial charge is 0.335 e. The number of carbonyl (C=O) groups excluding carboxylic acids is 3. The molecule has 1 aliphatic rings. The summed E-state index contributed by atoms with van der Waals surface area (Å²) in [5.74, 6) is -0.797. The summed E-state index contributed by atoms with van der Waals surface area (Å²) in [6.07, 6.45) is 1.44. The molecule has 27 heavy (non-hydrogen) atoms. The second kappa shape index (κ2) is 8.06.